The number of nitrogens with one attached hydrogen (secondary N) is 1. The van der Waals surface area contributed by atoms with Gasteiger partial charge in [-0.2, -0.15) is 0 Å². The number of carboxylic acid groups (broad SMARTS) is 1. The van der Waals surface area contributed by atoms with Crippen molar-refractivity contribution >= 4 is 11.9 Å². The summed E-state index contributed by atoms with van der Waals surface area (Å²) in [4.78, 5) is 23.0. The van der Waals surface area contributed by atoms with Crippen molar-refractivity contribution in [2.24, 2.45) is 17.1 Å². The van der Waals surface area contributed by atoms with Crippen molar-refractivity contribution in [3.8, 4) is 0 Å². The van der Waals surface area contributed by atoms with E-state index >= 15 is 0 Å². The van der Waals surface area contributed by atoms with Crippen LogP contribution in [-0.2, 0) is 14.3 Å². The maximum absolute atomic E-state index is 12.2. The summed E-state index contributed by atoms with van der Waals surface area (Å²) >= 11 is 0. The third-order valence-corrected chi connectivity index (χ3v) is 3.67. The van der Waals surface area contributed by atoms with E-state index in [0.29, 0.717) is 32.5 Å². The highest BCUT2D eigenvalue weighted by Crippen LogP contribution is 2.29. The van der Waals surface area contributed by atoms with Gasteiger partial charge in [0.2, 0.25) is 5.91 Å². The van der Waals surface area contributed by atoms with Crippen molar-refractivity contribution < 1.29 is 19.4 Å². The molecule has 1 aliphatic rings. The predicted molar refractivity (Wildman–Crippen MR) is 66.0 cm³/mol. The number of aliphatic carboxylic acids is 1. The van der Waals surface area contributed by atoms with E-state index in [1.807, 2.05) is 0 Å². The highest BCUT2D eigenvalue weighted by molar-refractivity contribution is 5.83. The second-order valence-electron chi connectivity index (χ2n) is 4.75. The van der Waals surface area contributed by atoms with E-state index in [9.17, 15) is 9.59 Å². The second-order valence-corrected chi connectivity index (χ2v) is 4.75. The number of rotatable bonds is 6. The van der Waals surface area contributed by atoms with Crippen molar-refractivity contribution in [1.82, 2.24) is 5.32 Å². The Morgan fingerprint density at radius 2 is 2.06 bits per heavy atom. The minimum Gasteiger partial charge on any atom is -0.481 e. The fraction of sp³-hybridized carbons (Fsp3) is 0.833. The molecule has 1 aliphatic heterocycles. The van der Waals surface area contributed by atoms with E-state index in [2.05, 4.69) is 5.32 Å². The van der Waals surface area contributed by atoms with Crippen LogP contribution in [0.25, 0.3) is 0 Å². The molecule has 1 saturated heterocycles. The van der Waals surface area contributed by atoms with E-state index in [0.717, 1.165) is 0 Å². The van der Waals surface area contributed by atoms with Crippen LogP contribution < -0.4 is 11.1 Å². The summed E-state index contributed by atoms with van der Waals surface area (Å²) in [7, 11) is 0. The average molecular weight is 258 g/mol. The van der Waals surface area contributed by atoms with Gasteiger partial charge in [-0.25, -0.2) is 0 Å². The van der Waals surface area contributed by atoms with Crippen LogP contribution in [0.1, 0.15) is 26.2 Å². The fourth-order valence-corrected chi connectivity index (χ4v) is 2.10. The lowest BCUT2D eigenvalue weighted by Crippen LogP contribution is -2.50. The van der Waals surface area contributed by atoms with Gasteiger partial charge in [0.25, 0.3) is 0 Å². The Labute approximate surface area is 107 Å². The minimum absolute atomic E-state index is 0.145. The highest BCUT2D eigenvalue weighted by atomic mass is 16.5. The molecule has 4 N–H and O–H groups in total. The molecule has 104 valence electrons. The summed E-state index contributed by atoms with van der Waals surface area (Å²) in [6.45, 7) is 3.28. The van der Waals surface area contributed by atoms with E-state index in [-0.39, 0.29) is 19.0 Å². The maximum Gasteiger partial charge on any atom is 0.308 e. The van der Waals surface area contributed by atoms with Gasteiger partial charge in [-0.15, -0.1) is 0 Å². The lowest BCUT2D eigenvalue weighted by atomic mass is 9.79. The minimum atomic E-state index is -0.883. The van der Waals surface area contributed by atoms with E-state index in [4.69, 9.17) is 15.6 Å². The molecule has 6 heteroatoms. The molecule has 0 saturated carbocycles. The van der Waals surface area contributed by atoms with Crippen molar-refractivity contribution in [1.29, 1.82) is 0 Å². The number of carboxylic acids is 1. The van der Waals surface area contributed by atoms with Crippen LogP contribution in [0, 0.1) is 11.3 Å². The summed E-state index contributed by atoms with van der Waals surface area (Å²) in [5, 5.41) is 11.6. The third kappa shape index (κ3) is 3.43. The largest absolute Gasteiger partial charge is 0.481 e. The topological polar surface area (TPSA) is 102 Å². The van der Waals surface area contributed by atoms with Crippen LogP contribution in [0.5, 0.6) is 0 Å². The molecule has 18 heavy (non-hydrogen) atoms. The van der Waals surface area contributed by atoms with Gasteiger partial charge < -0.3 is 20.9 Å². The number of amides is 1. The number of ether oxygens (including phenoxy) is 1. The quantitative estimate of drug-likeness (QED) is 0.621. The van der Waals surface area contributed by atoms with Crippen molar-refractivity contribution in [2.75, 3.05) is 26.3 Å². The van der Waals surface area contributed by atoms with E-state index in [1.54, 1.807) is 6.92 Å². The number of hydrogen-bond donors (Lipinski definition) is 3. The Morgan fingerprint density at radius 1 is 1.44 bits per heavy atom. The van der Waals surface area contributed by atoms with Crippen LogP contribution in [0.2, 0.25) is 0 Å². The monoisotopic (exact) mass is 258 g/mol. The van der Waals surface area contributed by atoms with Gasteiger partial charge in [-0.3, -0.25) is 9.59 Å². The van der Waals surface area contributed by atoms with Gasteiger partial charge in [-0.05, 0) is 19.3 Å². The van der Waals surface area contributed by atoms with Crippen molar-refractivity contribution in [3.05, 3.63) is 0 Å². The van der Waals surface area contributed by atoms with Crippen molar-refractivity contribution in [3.63, 3.8) is 0 Å². The standard InChI is InChI=1S/C12H22N2O4/c1-2-9(10(15)16)7-14-11(17)12(8-13)3-5-18-6-4-12/h9H,2-8,13H2,1H3,(H,14,17)(H,15,16). The van der Waals surface area contributed by atoms with E-state index in [1.165, 1.54) is 0 Å². The smallest absolute Gasteiger partial charge is 0.308 e. The lowest BCUT2D eigenvalue weighted by molar-refractivity contribution is -0.142. The molecular formula is C12H22N2O4. The molecular weight excluding hydrogens is 236 g/mol. The molecule has 1 amide bonds. The summed E-state index contributed by atoms with van der Waals surface area (Å²) in [5.74, 6) is -1.57. The molecule has 1 unspecified atom stereocenters. The first kappa shape index (κ1) is 14.9. The lowest BCUT2D eigenvalue weighted by Gasteiger charge is -2.34. The highest BCUT2D eigenvalue weighted by Gasteiger charge is 2.38. The van der Waals surface area contributed by atoms with Crippen LogP contribution in [0.3, 0.4) is 0 Å². The Balaban J connectivity index is 2.54. The Kier molecular flexibility index (Phi) is 5.55. The zero-order chi connectivity index (χ0) is 13.6. The van der Waals surface area contributed by atoms with Gasteiger partial charge in [0, 0.05) is 26.3 Å². The van der Waals surface area contributed by atoms with E-state index < -0.39 is 17.3 Å². The summed E-state index contributed by atoms with van der Waals surface area (Å²) < 4.78 is 5.23. The number of carbonyl (C=O) groups is 2. The first-order valence-corrected chi connectivity index (χ1v) is 6.34. The number of nitrogens with two attached hydrogens (primary N) is 1. The molecule has 1 heterocycles. The first-order chi connectivity index (χ1) is 8.55. The van der Waals surface area contributed by atoms with Gasteiger partial charge in [0.1, 0.15) is 0 Å². The van der Waals surface area contributed by atoms with Crippen LogP contribution in [0.4, 0.5) is 0 Å². The molecule has 6 nitrogen and oxygen atoms in total. The zero-order valence-corrected chi connectivity index (χ0v) is 10.8. The average Bonchev–Trinajstić information content (AvgIpc) is 2.39. The Bertz CT molecular complexity index is 300. The zero-order valence-electron chi connectivity index (χ0n) is 10.8. The van der Waals surface area contributed by atoms with Gasteiger partial charge in [-0.1, -0.05) is 6.92 Å². The number of carbonyl (C=O) groups excluding carboxylic acids is 1. The molecule has 1 rings (SSSR count). The maximum atomic E-state index is 12.2. The molecule has 0 aromatic rings. The molecule has 0 aromatic heterocycles. The molecule has 1 fully saturated rings. The second kappa shape index (κ2) is 6.70. The van der Waals surface area contributed by atoms with Gasteiger partial charge in [0.05, 0.1) is 11.3 Å². The summed E-state index contributed by atoms with van der Waals surface area (Å²) in [5.41, 5.74) is 5.12. The fourth-order valence-electron chi connectivity index (χ4n) is 2.10. The molecule has 0 aliphatic carbocycles. The number of hydrogen-bond acceptors (Lipinski definition) is 4. The molecule has 0 radical (unpaired) electrons. The van der Waals surface area contributed by atoms with Crippen LogP contribution in [0.15, 0.2) is 0 Å². The first-order valence-electron chi connectivity index (χ1n) is 6.34. The van der Waals surface area contributed by atoms with Crippen LogP contribution >= 0.6 is 0 Å². The molecule has 0 spiro atoms. The Morgan fingerprint density at radius 3 is 2.50 bits per heavy atom. The predicted octanol–water partition coefficient (Wildman–Crippen LogP) is -0.0311. The van der Waals surface area contributed by atoms with Crippen LogP contribution in [-0.4, -0.2) is 43.3 Å². The molecule has 1 atom stereocenters. The Hall–Kier alpha value is -1.14. The van der Waals surface area contributed by atoms with Gasteiger partial charge >= 0.3 is 5.97 Å². The summed E-state index contributed by atoms with van der Waals surface area (Å²) in [6.07, 6.45) is 1.69. The van der Waals surface area contributed by atoms with Gasteiger partial charge in [0.15, 0.2) is 0 Å². The van der Waals surface area contributed by atoms with Crippen molar-refractivity contribution in [2.45, 2.75) is 26.2 Å². The normalized spacial score (nSPS) is 20.1. The summed E-state index contributed by atoms with van der Waals surface area (Å²) in [6, 6.07) is 0. The SMILES string of the molecule is CCC(CNC(=O)C1(CN)CCOCC1)C(=O)O. The molecule has 0 bridgehead atoms. The third-order valence-electron chi connectivity index (χ3n) is 3.67. The molecule has 0 aromatic carbocycles.